The first-order valence-electron chi connectivity index (χ1n) is 8.02. The van der Waals surface area contributed by atoms with Gasteiger partial charge in [0.05, 0.1) is 23.3 Å². The van der Waals surface area contributed by atoms with Crippen molar-refractivity contribution in [1.82, 2.24) is 19.2 Å². The number of hydrogen-bond acceptors (Lipinski definition) is 5. The number of ether oxygens (including phenoxy) is 1. The van der Waals surface area contributed by atoms with E-state index in [1.54, 1.807) is 11.5 Å². The molecule has 2 aliphatic carbocycles. The standard InChI is InChI=1S/C17H19N5O2/c1-24-12-7-8-13-14(9-12)22-16(15(18)19-13)20-21(17(22)23)10-11-5-3-2-4-6-11/h2-3,5,8-9,12H,4,6-7,10H2,1H3,(H2,18,19). The average Bonchev–Trinajstić information content (AvgIpc) is 2.93. The fourth-order valence-electron chi connectivity index (χ4n) is 3.17. The first-order chi connectivity index (χ1) is 11.7. The van der Waals surface area contributed by atoms with Crippen LogP contribution in [0.5, 0.6) is 0 Å². The van der Waals surface area contributed by atoms with Crippen molar-refractivity contribution in [3.8, 4) is 0 Å². The van der Waals surface area contributed by atoms with Gasteiger partial charge in [0.2, 0.25) is 5.65 Å². The number of fused-ring (bicyclic) bond motifs is 3. The van der Waals surface area contributed by atoms with Crippen molar-refractivity contribution in [2.45, 2.75) is 31.9 Å². The van der Waals surface area contributed by atoms with Crippen molar-refractivity contribution in [3.63, 3.8) is 0 Å². The summed E-state index contributed by atoms with van der Waals surface area (Å²) in [5, 5.41) is 5.81. The van der Waals surface area contributed by atoms with Crippen LogP contribution < -0.4 is 22.1 Å². The molecule has 0 aromatic carbocycles. The monoisotopic (exact) mass is 325 g/mol. The number of allylic oxidation sites excluding steroid dienone is 4. The van der Waals surface area contributed by atoms with Gasteiger partial charge in [-0.15, -0.1) is 5.10 Å². The molecule has 1 atom stereocenters. The molecule has 2 aromatic heterocycles. The van der Waals surface area contributed by atoms with Crippen LogP contribution >= 0.6 is 0 Å². The Balaban J connectivity index is 1.93. The summed E-state index contributed by atoms with van der Waals surface area (Å²) in [6.07, 6.45) is 12.6. The number of nitrogens with two attached hydrogens (primary N) is 1. The maximum absolute atomic E-state index is 12.9. The highest BCUT2D eigenvalue weighted by molar-refractivity contribution is 5.60. The summed E-state index contributed by atoms with van der Waals surface area (Å²) in [6.45, 7) is 0.469. The molecule has 0 saturated carbocycles. The Labute approximate surface area is 138 Å². The van der Waals surface area contributed by atoms with Crippen LogP contribution in [0.3, 0.4) is 0 Å². The van der Waals surface area contributed by atoms with Crippen LogP contribution in [0.2, 0.25) is 0 Å². The molecule has 4 rings (SSSR count). The normalized spacial score (nSPS) is 19.5. The number of methoxy groups -OCH3 is 1. The largest absolute Gasteiger partial charge is 0.381 e. The second kappa shape index (κ2) is 5.76. The Morgan fingerprint density at radius 2 is 2.33 bits per heavy atom. The van der Waals surface area contributed by atoms with Gasteiger partial charge in [0.1, 0.15) is 0 Å². The molecule has 0 aliphatic heterocycles. The van der Waals surface area contributed by atoms with Gasteiger partial charge in [0, 0.05) is 7.11 Å². The average molecular weight is 325 g/mol. The Morgan fingerprint density at radius 1 is 1.46 bits per heavy atom. The van der Waals surface area contributed by atoms with Crippen molar-refractivity contribution in [1.29, 1.82) is 0 Å². The van der Waals surface area contributed by atoms with Crippen molar-refractivity contribution in [2.24, 2.45) is 0 Å². The third-order valence-electron chi connectivity index (χ3n) is 4.46. The molecule has 0 radical (unpaired) electrons. The fourth-order valence-corrected chi connectivity index (χ4v) is 3.17. The second-order valence-corrected chi connectivity index (χ2v) is 6.04. The van der Waals surface area contributed by atoms with Crippen LogP contribution in [-0.2, 0) is 11.3 Å². The smallest absolute Gasteiger partial charge is 0.351 e. The Kier molecular flexibility index (Phi) is 3.57. The van der Waals surface area contributed by atoms with Crippen LogP contribution in [0.15, 0.2) is 28.6 Å². The minimum Gasteiger partial charge on any atom is -0.381 e. The maximum atomic E-state index is 12.9. The van der Waals surface area contributed by atoms with Gasteiger partial charge in [-0.25, -0.2) is 18.9 Å². The number of anilines is 1. The van der Waals surface area contributed by atoms with E-state index in [2.05, 4.69) is 16.2 Å². The quantitative estimate of drug-likeness (QED) is 0.839. The van der Waals surface area contributed by atoms with E-state index in [0.29, 0.717) is 29.3 Å². The second-order valence-electron chi connectivity index (χ2n) is 6.04. The summed E-state index contributed by atoms with van der Waals surface area (Å²) in [4.78, 5) is 17.3. The van der Waals surface area contributed by atoms with Gasteiger partial charge in [-0.1, -0.05) is 24.3 Å². The van der Waals surface area contributed by atoms with Gasteiger partial charge >= 0.3 is 5.69 Å². The Hall–Kier alpha value is -2.67. The zero-order chi connectivity index (χ0) is 16.7. The van der Waals surface area contributed by atoms with E-state index in [9.17, 15) is 4.79 Å². The summed E-state index contributed by atoms with van der Waals surface area (Å²) in [7, 11) is 1.65. The molecule has 7 heteroatoms. The Bertz CT molecular complexity index is 1040. The highest BCUT2D eigenvalue weighted by Gasteiger charge is 2.17. The summed E-state index contributed by atoms with van der Waals surface area (Å²) < 4.78 is 8.39. The van der Waals surface area contributed by atoms with Gasteiger partial charge in [-0.05, 0) is 30.9 Å². The SMILES string of the molecule is COC1C=c2c(nc(N)c3nn(CC4=CC=CCC4)c(=O)n23)=CC1. The number of rotatable bonds is 3. The van der Waals surface area contributed by atoms with Gasteiger partial charge in [0.15, 0.2) is 5.82 Å². The number of aromatic nitrogens is 4. The molecule has 24 heavy (non-hydrogen) atoms. The molecule has 2 N–H and O–H groups in total. The summed E-state index contributed by atoms with van der Waals surface area (Å²) in [5.41, 5.74) is 7.39. The van der Waals surface area contributed by atoms with E-state index in [1.807, 2.05) is 24.3 Å². The molecule has 124 valence electrons. The molecule has 2 aliphatic rings. The predicted octanol–water partition coefficient (Wildman–Crippen LogP) is -0.271. The lowest BCUT2D eigenvalue weighted by molar-refractivity contribution is 0.157. The molecular weight excluding hydrogens is 306 g/mol. The van der Waals surface area contributed by atoms with Crippen molar-refractivity contribution >= 4 is 23.6 Å². The molecule has 0 saturated heterocycles. The summed E-state index contributed by atoms with van der Waals surface area (Å²) in [6, 6.07) is 0. The van der Waals surface area contributed by atoms with Gasteiger partial charge in [0.25, 0.3) is 0 Å². The van der Waals surface area contributed by atoms with E-state index in [4.69, 9.17) is 10.5 Å². The van der Waals surface area contributed by atoms with E-state index >= 15 is 0 Å². The molecule has 0 amide bonds. The zero-order valence-corrected chi connectivity index (χ0v) is 13.5. The molecule has 0 fully saturated rings. The minimum atomic E-state index is -0.202. The molecule has 7 nitrogen and oxygen atoms in total. The maximum Gasteiger partial charge on any atom is 0.351 e. The third kappa shape index (κ3) is 2.37. The zero-order valence-electron chi connectivity index (χ0n) is 13.5. The number of nitrogens with zero attached hydrogens (tertiary/aromatic N) is 4. The van der Waals surface area contributed by atoms with E-state index in [-0.39, 0.29) is 17.6 Å². The van der Waals surface area contributed by atoms with Gasteiger partial charge in [-0.3, -0.25) is 0 Å². The predicted molar refractivity (Wildman–Crippen MR) is 91.7 cm³/mol. The summed E-state index contributed by atoms with van der Waals surface area (Å²) in [5.74, 6) is 0.266. The highest BCUT2D eigenvalue weighted by atomic mass is 16.5. The van der Waals surface area contributed by atoms with Crippen LogP contribution in [0.4, 0.5) is 5.82 Å². The van der Waals surface area contributed by atoms with Crippen molar-refractivity contribution < 1.29 is 4.74 Å². The van der Waals surface area contributed by atoms with Gasteiger partial charge in [-0.2, -0.15) is 0 Å². The molecule has 1 unspecified atom stereocenters. The molecule has 0 spiro atoms. The Morgan fingerprint density at radius 3 is 3.08 bits per heavy atom. The lowest BCUT2D eigenvalue weighted by Gasteiger charge is -2.12. The molecule has 2 heterocycles. The van der Waals surface area contributed by atoms with E-state index in [1.165, 1.54) is 10.3 Å². The first kappa shape index (κ1) is 14.9. The fraction of sp³-hybridized carbons (Fsp3) is 0.353. The number of hydrogen-bond donors (Lipinski definition) is 1. The van der Waals surface area contributed by atoms with Crippen molar-refractivity contribution in [2.75, 3.05) is 12.8 Å². The van der Waals surface area contributed by atoms with Crippen LogP contribution in [0.25, 0.3) is 17.8 Å². The van der Waals surface area contributed by atoms with Crippen molar-refractivity contribution in [3.05, 3.63) is 45.0 Å². The summed E-state index contributed by atoms with van der Waals surface area (Å²) >= 11 is 0. The van der Waals surface area contributed by atoms with Gasteiger partial charge < -0.3 is 10.5 Å². The lowest BCUT2D eigenvalue weighted by atomic mass is 10.1. The van der Waals surface area contributed by atoms with E-state index in [0.717, 1.165) is 12.8 Å². The number of nitrogen functional groups attached to an aromatic ring is 1. The van der Waals surface area contributed by atoms with Crippen LogP contribution in [0, 0.1) is 0 Å². The molecule has 0 bridgehead atoms. The highest BCUT2D eigenvalue weighted by Crippen LogP contribution is 2.13. The van der Waals surface area contributed by atoms with Crippen LogP contribution in [-0.4, -0.2) is 32.4 Å². The molecular formula is C17H19N5O2. The third-order valence-corrected chi connectivity index (χ3v) is 4.46. The minimum absolute atomic E-state index is 0.0763. The first-order valence-corrected chi connectivity index (χ1v) is 8.02. The van der Waals surface area contributed by atoms with Crippen LogP contribution in [0.1, 0.15) is 19.3 Å². The molecule has 2 aromatic rings. The topological polar surface area (TPSA) is 87.4 Å². The van der Waals surface area contributed by atoms with E-state index < -0.39 is 0 Å². The lowest BCUT2D eigenvalue weighted by Crippen LogP contribution is -2.43.